The van der Waals surface area contributed by atoms with Crippen molar-refractivity contribution in [2.45, 2.75) is 13.1 Å². The first-order valence-corrected chi connectivity index (χ1v) is 10.8. The first-order chi connectivity index (χ1) is 14.6. The molecule has 0 aliphatic heterocycles. The topological polar surface area (TPSA) is 59.7 Å². The van der Waals surface area contributed by atoms with E-state index in [2.05, 4.69) is 48.9 Å². The minimum absolute atomic E-state index is 0.429. The molecule has 0 fully saturated rings. The van der Waals surface area contributed by atoms with Crippen LogP contribution in [-0.4, -0.2) is 24.7 Å². The van der Waals surface area contributed by atoms with Gasteiger partial charge in [0.2, 0.25) is 0 Å². The van der Waals surface area contributed by atoms with E-state index in [0.717, 1.165) is 15.7 Å². The highest BCUT2D eigenvalue weighted by Crippen LogP contribution is 2.23. The molecule has 0 radical (unpaired) electrons. The Morgan fingerprint density at radius 3 is 2.53 bits per heavy atom. The van der Waals surface area contributed by atoms with Crippen LogP contribution in [0, 0.1) is 0 Å². The second-order valence-corrected chi connectivity index (χ2v) is 8.28. The first kappa shape index (κ1) is 20.6. The van der Waals surface area contributed by atoms with E-state index in [-0.39, 0.29) is 0 Å². The maximum Gasteiger partial charge on any atom is 0.176 e. The lowest BCUT2D eigenvalue weighted by molar-refractivity contribution is 0.687. The lowest BCUT2D eigenvalue weighted by Gasteiger charge is -2.07. The molecular weight excluding hydrogens is 484 g/mol. The van der Waals surface area contributed by atoms with Crippen LogP contribution < -0.4 is 10.6 Å². The summed E-state index contributed by atoms with van der Waals surface area (Å²) < 4.78 is 4.46. The fourth-order valence-corrected chi connectivity index (χ4v) is 3.74. The van der Waals surface area contributed by atoms with Gasteiger partial charge in [-0.3, -0.25) is 9.36 Å². The summed E-state index contributed by atoms with van der Waals surface area (Å²) in [5, 5.41) is 16.3. The molecule has 0 atom stereocenters. The van der Waals surface area contributed by atoms with Gasteiger partial charge in [0, 0.05) is 17.4 Å². The summed E-state index contributed by atoms with van der Waals surface area (Å²) >= 11 is 15.2. The zero-order chi connectivity index (χ0) is 20.9. The Kier molecular flexibility index (Phi) is 6.47. The Morgan fingerprint density at radius 1 is 0.967 bits per heavy atom. The summed E-state index contributed by atoms with van der Waals surface area (Å²) in [5.41, 5.74) is 2.98. The van der Waals surface area contributed by atoms with Crippen LogP contribution in [-0.2, 0) is 13.1 Å². The van der Waals surface area contributed by atoms with Crippen molar-refractivity contribution >= 4 is 56.4 Å². The van der Waals surface area contributed by atoms with Gasteiger partial charge in [-0.05, 0) is 45.3 Å². The molecule has 2 aromatic heterocycles. The van der Waals surface area contributed by atoms with Gasteiger partial charge < -0.3 is 10.6 Å². The van der Waals surface area contributed by atoms with Gasteiger partial charge in [-0.15, -0.1) is 0 Å². The van der Waals surface area contributed by atoms with E-state index in [0.29, 0.717) is 29.0 Å². The molecule has 9 heteroatoms. The zero-order valence-electron chi connectivity index (χ0n) is 15.8. The molecule has 0 amide bonds. The summed E-state index contributed by atoms with van der Waals surface area (Å²) in [7, 11) is 0. The molecule has 0 spiro atoms. The highest BCUT2D eigenvalue weighted by Gasteiger charge is 2.10. The van der Waals surface area contributed by atoms with Crippen molar-refractivity contribution in [3.63, 3.8) is 0 Å². The van der Waals surface area contributed by atoms with Gasteiger partial charge in [-0.25, -0.2) is 0 Å². The summed E-state index contributed by atoms with van der Waals surface area (Å²) in [5.74, 6) is 0.622. The second-order valence-electron chi connectivity index (χ2n) is 6.61. The summed E-state index contributed by atoms with van der Waals surface area (Å²) in [6.45, 7) is 1.26. The third-order valence-corrected chi connectivity index (χ3v) is 5.47. The van der Waals surface area contributed by atoms with Crippen molar-refractivity contribution in [2.24, 2.45) is 0 Å². The van der Waals surface area contributed by atoms with Crippen LogP contribution in [0.4, 0.5) is 11.5 Å². The largest absolute Gasteiger partial charge is 0.330 e. The molecule has 2 N–H and O–H groups in total. The highest BCUT2D eigenvalue weighted by atomic mass is 79.9. The monoisotopic (exact) mass is 500 g/mol. The van der Waals surface area contributed by atoms with E-state index in [4.69, 9.17) is 23.8 Å². The van der Waals surface area contributed by atoms with Gasteiger partial charge in [0.05, 0.1) is 29.4 Å². The Balaban J connectivity index is 1.36. The van der Waals surface area contributed by atoms with Crippen LogP contribution in [0.25, 0.3) is 0 Å². The van der Waals surface area contributed by atoms with Crippen molar-refractivity contribution in [3.05, 3.63) is 93.8 Å². The maximum atomic E-state index is 6.24. The predicted molar refractivity (Wildman–Crippen MR) is 128 cm³/mol. The van der Waals surface area contributed by atoms with E-state index >= 15 is 0 Å². The van der Waals surface area contributed by atoms with Gasteiger partial charge in [0.15, 0.2) is 10.9 Å². The number of nitrogens with one attached hydrogen (secondary N) is 2. The molecular formula is C21H18BrClN6S. The third kappa shape index (κ3) is 5.27. The fourth-order valence-electron chi connectivity index (χ4n) is 2.92. The number of thiocarbonyl (C=S) groups is 1. The minimum atomic E-state index is 0.429. The van der Waals surface area contributed by atoms with E-state index in [1.165, 1.54) is 5.56 Å². The first-order valence-electron chi connectivity index (χ1n) is 9.17. The molecule has 2 aromatic carbocycles. The highest BCUT2D eigenvalue weighted by molar-refractivity contribution is 9.10. The number of anilines is 2. The van der Waals surface area contributed by atoms with Crippen LogP contribution in [0.15, 0.2) is 77.7 Å². The molecule has 0 bridgehead atoms. The van der Waals surface area contributed by atoms with Crippen LogP contribution in [0.3, 0.4) is 0 Å². The number of rotatable bonds is 6. The van der Waals surface area contributed by atoms with Crippen molar-refractivity contribution in [3.8, 4) is 0 Å². The lowest BCUT2D eigenvalue weighted by atomic mass is 10.2. The molecule has 30 heavy (non-hydrogen) atoms. The normalized spacial score (nSPS) is 10.7. The molecule has 2 heterocycles. The van der Waals surface area contributed by atoms with E-state index in [1.54, 1.807) is 10.9 Å². The molecule has 0 aliphatic rings. The maximum absolute atomic E-state index is 6.24. The molecule has 0 aliphatic carbocycles. The number of nitrogens with zero attached hydrogens (tertiary/aromatic N) is 4. The quantitative estimate of drug-likeness (QED) is 0.346. The smallest absolute Gasteiger partial charge is 0.176 e. The Morgan fingerprint density at radius 2 is 1.73 bits per heavy atom. The van der Waals surface area contributed by atoms with E-state index in [9.17, 15) is 0 Å². The van der Waals surface area contributed by atoms with Gasteiger partial charge in [0.25, 0.3) is 0 Å². The average molecular weight is 502 g/mol. The van der Waals surface area contributed by atoms with E-state index in [1.807, 2.05) is 59.5 Å². The molecule has 6 nitrogen and oxygen atoms in total. The second kappa shape index (κ2) is 9.42. The molecule has 0 saturated carbocycles. The summed E-state index contributed by atoms with van der Waals surface area (Å²) in [4.78, 5) is 0. The summed E-state index contributed by atoms with van der Waals surface area (Å²) in [6.07, 6.45) is 5.53. The molecule has 4 aromatic rings. The lowest BCUT2D eigenvalue weighted by Crippen LogP contribution is -2.19. The standard InChI is InChI=1S/C21H18BrClN6S/c22-18-14-29(12-16-8-4-5-9-19(16)23)27-20(18)26-21(30)25-17-10-24-28(13-17)11-15-6-2-1-3-7-15/h1-10,13-14H,11-12H2,(H2,25,26,27,30). The van der Waals surface area contributed by atoms with Crippen molar-refractivity contribution in [1.82, 2.24) is 19.6 Å². The number of hydrogen-bond acceptors (Lipinski definition) is 3. The van der Waals surface area contributed by atoms with Crippen molar-refractivity contribution in [1.29, 1.82) is 0 Å². The molecule has 152 valence electrons. The number of hydrogen-bond donors (Lipinski definition) is 2. The minimum Gasteiger partial charge on any atom is -0.330 e. The average Bonchev–Trinajstić information content (AvgIpc) is 3.30. The predicted octanol–water partition coefficient (Wildman–Crippen LogP) is 5.40. The van der Waals surface area contributed by atoms with Crippen molar-refractivity contribution < 1.29 is 0 Å². The van der Waals surface area contributed by atoms with E-state index < -0.39 is 0 Å². The van der Waals surface area contributed by atoms with Crippen LogP contribution in [0.1, 0.15) is 11.1 Å². The number of aromatic nitrogens is 4. The van der Waals surface area contributed by atoms with Crippen molar-refractivity contribution in [2.75, 3.05) is 10.6 Å². The van der Waals surface area contributed by atoms with Gasteiger partial charge in [-0.1, -0.05) is 60.1 Å². The van der Waals surface area contributed by atoms with Gasteiger partial charge in [0.1, 0.15) is 0 Å². The van der Waals surface area contributed by atoms with Crippen LogP contribution in [0.2, 0.25) is 5.02 Å². The van der Waals surface area contributed by atoms with Crippen LogP contribution in [0.5, 0.6) is 0 Å². The van der Waals surface area contributed by atoms with Gasteiger partial charge in [-0.2, -0.15) is 10.2 Å². The Hall–Kier alpha value is -2.68. The molecule has 0 saturated heterocycles. The Labute approximate surface area is 193 Å². The zero-order valence-corrected chi connectivity index (χ0v) is 19.0. The fraction of sp³-hybridized carbons (Fsp3) is 0.0952. The third-order valence-electron chi connectivity index (χ3n) is 4.32. The van der Waals surface area contributed by atoms with Gasteiger partial charge >= 0.3 is 0 Å². The Bertz CT molecular complexity index is 1160. The summed E-state index contributed by atoms with van der Waals surface area (Å²) in [6, 6.07) is 17.9. The molecule has 4 rings (SSSR count). The number of halogens is 2. The SMILES string of the molecule is S=C(Nc1cnn(Cc2ccccc2)c1)Nc1nn(Cc2ccccc2Cl)cc1Br. The molecule has 0 unspecified atom stereocenters. The number of benzene rings is 2. The van der Waals surface area contributed by atoms with Crippen LogP contribution >= 0.6 is 39.7 Å².